The molecule has 1 saturated heterocycles. The van der Waals surface area contributed by atoms with Crippen molar-refractivity contribution in [1.29, 1.82) is 0 Å². The molecule has 1 aliphatic rings. The number of halogens is 1. The molecule has 1 atom stereocenters. The molecule has 0 aromatic heterocycles. The molecule has 1 fully saturated rings. The van der Waals surface area contributed by atoms with E-state index in [1.807, 2.05) is 24.3 Å². The van der Waals surface area contributed by atoms with Gasteiger partial charge in [-0.1, -0.05) is 22.0 Å². The third kappa shape index (κ3) is 3.83. The highest BCUT2D eigenvalue weighted by atomic mass is 79.9. The number of carbonyl (C=O) groups excluding carboxylic acids is 2. The number of hydrogen-bond donors (Lipinski definition) is 1. The first-order valence-electron chi connectivity index (χ1n) is 8.10. The van der Waals surface area contributed by atoms with Gasteiger partial charge in [-0.05, 0) is 30.3 Å². The number of ether oxygens (including phenoxy) is 2. The van der Waals surface area contributed by atoms with E-state index in [1.165, 1.54) is 0 Å². The molecule has 7 heteroatoms. The van der Waals surface area contributed by atoms with Crippen molar-refractivity contribution >= 4 is 39.1 Å². The van der Waals surface area contributed by atoms with Gasteiger partial charge in [0.25, 0.3) is 0 Å². The van der Waals surface area contributed by atoms with Gasteiger partial charge in [-0.2, -0.15) is 0 Å². The van der Waals surface area contributed by atoms with E-state index in [9.17, 15) is 9.59 Å². The van der Waals surface area contributed by atoms with Crippen LogP contribution in [0.15, 0.2) is 46.9 Å². The van der Waals surface area contributed by atoms with Crippen LogP contribution in [0.1, 0.15) is 6.42 Å². The molecule has 136 valence electrons. The van der Waals surface area contributed by atoms with Crippen molar-refractivity contribution in [1.82, 2.24) is 0 Å². The SMILES string of the molecule is COc1cccc(N2CC(C(=O)Nc3cc(Br)ccc3OC)CC2=O)c1. The summed E-state index contributed by atoms with van der Waals surface area (Å²) in [5.41, 5.74) is 1.30. The molecule has 2 aromatic carbocycles. The Morgan fingerprint density at radius 3 is 2.73 bits per heavy atom. The van der Waals surface area contributed by atoms with Crippen molar-refractivity contribution in [3.63, 3.8) is 0 Å². The Kier molecular flexibility index (Phi) is 5.46. The molecule has 0 spiro atoms. The molecule has 0 radical (unpaired) electrons. The molecule has 26 heavy (non-hydrogen) atoms. The molecule has 6 nitrogen and oxygen atoms in total. The average molecular weight is 419 g/mol. The first kappa shape index (κ1) is 18.3. The molecule has 0 saturated carbocycles. The van der Waals surface area contributed by atoms with E-state index in [2.05, 4.69) is 21.2 Å². The van der Waals surface area contributed by atoms with E-state index < -0.39 is 5.92 Å². The molecule has 2 aromatic rings. The van der Waals surface area contributed by atoms with Crippen LogP contribution in [0.5, 0.6) is 11.5 Å². The number of amides is 2. The molecule has 1 heterocycles. The number of hydrogen-bond acceptors (Lipinski definition) is 4. The maximum Gasteiger partial charge on any atom is 0.229 e. The maximum atomic E-state index is 12.7. The Morgan fingerprint density at radius 2 is 2.00 bits per heavy atom. The average Bonchev–Trinajstić information content (AvgIpc) is 3.04. The molecule has 1 unspecified atom stereocenters. The Labute approximate surface area is 160 Å². The van der Waals surface area contributed by atoms with Crippen LogP contribution in [0, 0.1) is 5.92 Å². The van der Waals surface area contributed by atoms with Crippen molar-refractivity contribution in [2.75, 3.05) is 31.0 Å². The van der Waals surface area contributed by atoms with E-state index in [-0.39, 0.29) is 18.2 Å². The number of methoxy groups -OCH3 is 2. The molecular formula is C19H19BrN2O4. The highest BCUT2D eigenvalue weighted by molar-refractivity contribution is 9.10. The van der Waals surface area contributed by atoms with E-state index in [0.29, 0.717) is 23.7 Å². The first-order chi connectivity index (χ1) is 12.5. The van der Waals surface area contributed by atoms with Gasteiger partial charge in [0.1, 0.15) is 11.5 Å². The van der Waals surface area contributed by atoms with Gasteiger partial charge >= 0.3 is 0 Å². The Bertz CT molecular complexity index is 840. The molecule has 0 bridgehead atoms. The topological polar surface area (TPSA) is 67.9 Å². The van der Waals surface area contributed by atoms with Crippen molar-refractivity contribution in [3.05, 3.63) is 46.9 Å². The number of carbonyl (C=O) groups is 2. The lowest BCUT2D eigenvalue weighted by Gasteiger charge is -2.18. The highest BCUT2D eigenvalue weighted by Gasteiger charge is 2.35. The van der Waals surface area contributed by atoms with Gasteiger partial charge in [-0.15, -0.1) is 0 Å². The lowest BCUT2D eigenvalue weighted by molar-refractivity contribution is -0.122. The zero-order valence-corrected chi connectivity index (χ0v) is 16.1. The van der Waals surface area contributed by atoms with Crippen molar-refractivity contribution in [2.45, 2.75) is 6.42 Å². The van der Waals surface area contributed by atoms with E-state index >= 15 is 0 Å². The summed E-state index contributed by atoms with van der Waals surface area (Å²) in [6.07, 6.45) is 0.166. The highest BCUT2D eigenvalue weighted by Crippen LogP contribution is 2.31. The third-order valence-corrected chi connectivity index (χ3v) is 4.77. The second kappa shape index (κ2) is 7.78. The van der Waals surface area contributed by atoms with Gasteiger partial charge in [-0.25, -0.2) is 0 Å². The largest absolute Gasteiger partial charge is 0.497 e. The van der Waals surface area contributed by atoms with Gasteiger partial charge in [-0.3, -0.25) is 9.59 Å². The van der Waals surface area contributed by atoms with Crippen LogP contribution in [-0.4, -0.2) is 32.6 Å². The predicted molar refractivity (Wildman–Crippen MR) is 103 cm³/mol. The molecular weight excluding hydrogens is 400 g/mol. The second-order valence-electron chi connectivity index (χ2n) is 5.94. The van der Waals surface area contributed by atoms with Gasteiger partial charge in [0.05, 0.1) is 25.8 Å². The molecule has 0 aliphatic carbocycles. The van der Waals surface area contributed by atoms with Gasteiger partial charge < -0.3 is 19.7 Å². The lowest BCUT2D eigenvalue weighted by Crippen LogP contribution is -2.28. The minimum atomic E-state index is -0.433. The van der Waals surface area contributed by atoms with Gasteiger partial charge in [0, 0.05) is 29.2 Å². The zero-order chi connectivity index (χ0) is 18.7. The normalized spacial score (nSPS) is 16.5. The van der Waals surface area contributed by atoms with E-state index in [1.54, 1.807) is 37.3 Å². The van der Waals surface area contributed by atoms with E-state index in [0.717, 1.165) is 10.2 Å². The van der Waals surface area contributed by atoms with Gasteiger partial charge in [0.15, 0.2) is 0 Å². The Hall–Kier alpha value is -2.54. The summed E-state index contributed by atoms with van der Waals surface area (Å²) in [5.74, 6) is 0.509. The molecule has 3 rings (SSSR count). The Balaban J connectivity index is 1.74. The van der Waals surface area contributed by atoms with Crippen LogP contribution in [0.3, 0.4) is 0 Å². The van der Waals surface area contributed by atoms with Crippen LogP contribution in [0.25, 0.3) is 0 Å². The van der Waals surface area contributed by atoms with Gasteiger partial charge in [0.2, 0.25) is 11.8 Å². The Morgan fingerprint density at radius 1 is 1.19 bits per heavy atom. The predicted octanol–water partition coefficient (Wildman–Crippen LogP) is 3.46. The third-order valence-electron chi connectivity index (χ3n) is 4.28. The number of nitrogens with one attached hydrogen (secondary N) is 1. The summed E-state index contributed by atoms with van der Waals surface area (Å²) in [5, 5.41) is 2.86. The van der Waals surface area contributed by atoms with Crippen LogP contribution < -0.4 is 19.7 Å². The summed E-state index contributed by atoms with van der Waals surface area (Å²) in [4.78, 5) is 26.7. The van der Waals surface area contributed by atoms with Crippen LogP contribution in [-0.2, 0) is 9.59 Å². The smallest absolute Gasteiger partial charge is 0.229 e. The number of nitrogens with zero attached hydrogens (tertiary/aromatic N) is 1. The fraction of sp³-hybridized carbons (Fsp3) is 0.263. The quantitative estimate of drug-likeness (QED) is 0.806. The second-order valence-corrected chi connectivity index (χ2v) is 6.86. The molecule has 1 N–H and O–H groups in total. The monoisotopic (exact) mass is 418 g/mol. The fourth-order valence-corrected chi connectivity index (χ4v) is 3.28. The maximum absolute atomic E-state index is 12.7. The standard InChI is InChI=1S/C19H19BrN2O4/c1-25-15-5-3-4-14(10-15)22-11-12(8-18(22)23)19(24)21-16-9-13(20)6-7-17(16)26-2/h3-7,9-10,12H,8,11H2,1-2H3,(H,21,24). The number of rotatable bonds is 5. The minimum absolute atomic E-state index is 0.0837. The summed E-state index contributed by atoms with van der Waals surface area (Å²) in [6, 6.07) is 12.6. The number of anilines is 2. The summed E-state index contributed by atoms with van der Waals surface area (Å²) in [6.45, 7) is 0.328. The number of benzene rings is 2. The van der Waals surface area contributed by atoms with Crippen LogP contribution >= 0.6 is 15.9 Å². The summed E-state index contributed by atoms with van der Waals surface area (Å²) in [7, 11) is 3.12. The zero-order valence-electron chi connectivity index (χ0n) is 14.5. The fourth-order valence-electron chi connectivity index (χ4n) is 2.92. The first-order valence-corrected chi connectivity index (χ1v) is 8.90. The van der Waals surface area contributed by atoms with Crippen molar-refractivity contribution < 1.29 is 19.1 Å². The summed E-state index contributed by atoms with van der Waals surface area (Å²) < 4.78 is 11.3. The van der Waals surface area contributed by atoms with Crippen LogP contribution in [0.2, 0.25) is 0 Å². The van der Waals surface area contributed by atoms with Crippen molar-refractivity contribution in [2.24, 2.45) is 5.92 Å². The molecule has 2 amide bonds. The van der Waals surface area contributed by atoms with Crippen LogP contribution in [0.4, 0.5) is 11.4 Å². The van der Waals surface area contributed by atoms with E-state index in [4.69, 9.17) is 9.47 Å². The lowest BCUT2D eigenvalue weighted by atomic mass is 10.1. The summed E-state index contributed by atoms with van der Waals surface area (Å²) >= 11 is 3.38. The molecule has 1 aliphatic heterocycles. The van der Waals surface area contributed by atoms with Crippen molar-refractivity contribution in [3.8, 4) is 11.5 Å². The minimum Gasteiger partial charge on any atom is -0.497 e.